The molecule has 1 heterocycles. The monoisotopic (exact) mass is 603 g/mol. The Kier molecular flexibility index (Phi) is 8.38. The minimum Gasteiger partial charge on any atom is -0.466 e. The average molecular weight is 603 g/mol. The van der Waals surface area contributed by atoms with Crippen molar-refractivity contribution in [2.45, 2.75) is 12.1 Å². The molecule has 0 saturated heterocycles. The molecule has 1 aliphatic rings. The van der Waals surface area contributed by atoms with Gasteiger partial charge in [-0.25, -0.2) is 22.8 Å². The van der Waals surface area contributed by atoms with Gasteiger partial charge in [0, 0.05) is 6.07 Å². The van der Waals surface area contributed by atoms with Crippen molar-refractivity contribution in [2.75, 3.05) is 19.1 Å². The third-order valence-electron chi connectivity index (χ3n) is 6.32. The second-order valence-corrected chi connectivity index (χ2v) is 8.82. The van der Waals surface area contributed by atoms with E-state index < -0.39 is 81.3 Å². The number of nitriles is 1. The van der Waals surface area contributed by atoms with Crippen molar-refractivity contribution in [3.8, 4) is 17.6 Å². The summed E-state index contributed by atoms with van der Waals surface area (Å²) in [6.07, 6.45) is -5.04. The van der Waals surface area contributed by atoms with E-state index in [0.29, 0.717) is 11.6 Å². The van der Waals surface area contributed by atoms with Crippen molar-refractivity contribution in [3.63, 3.8) is 0 Å². The number of hydrogen-bond acceptors (Lipinski definition) is 8. The standard InChI is InChI=1S/C29H19F6N3O5/c1-41-27(39)23-22(14-6-4-3-5-7-14)17(13-36)26(37)38(24(23)28(40)42-2)21-9-8-16(12-18(21)30)43-25-19(31)10-15(11-20(25)32)29(33,34)35/h3-12,22H,37H2,1-2H3. The van der Waals surface area contributed by atoms with Crippen LogP contribution in [0.15, 0.2) is 83.3 Å². The zero-order valence-corrected chi connectivity index (χ0v) is 22.1. The molecule has 0 amide bonds. The van der Waals surface area contributed by atoms with Gasteiger partial charge in [0.15, 0.2) is 23.2 Å². The predicted molar refractivity (Wildman–Crippen MR) is 137 cm³/mol. The highest BCUT2D eigenvalue weighted by molar-refractivity contribution is 6.06. The normalized spacial score (nSPS) is 15.2. The number of carbonyl (C=O) groups is 2. The van der Waals surface area contributed by atoms with Crippen LogP contribution < -0.4 is 15.4 Å². The first kappa shape index (κ1) is 30.5. The molecule has 0 bridgehead atoms. The van der Waals surface area contributed by atoms with E-state index in [9.17, 15) is 36.8 Å². The lowest BCUT2D eigenvalue weighted by Gasteiger charge is -2.36. The van der Waals surface area contributed by atoms with E-state index in [1.165, 1.54) is 0 Å². The van der Waals surface area contributed by atoms with Gasteiger partial charge in [0.1, 0.15) is 17.3 Å². The molecule has 0 radical (unpaired) electrons. The number of ether oxygens (including phenoxy) is 3. The SMILES string of the molecule is COC(=O)C1=C(C(=O)OC)N(c2ccc(Oc3c(F)cc(C(F)(F)F)cc3F)cc2F)C(N)=C(C#N)C1c1ccccc1. The number of rotatable bonds is 6. The van der Waals surface area contributed by atoms with Crippen molar-refractivity contribution in [1.82, 2.24) is 0 Å². The zero-order valence-electron chi connectivity index (χ0n) is 22.1. The zero-order chi connectivity index (χ0) is 31.6. The molecular formula is C29H19F6N3O5. The molecule has 3 aromatic carbocycles. The lowest BCUT2D eigenvalue weighted by molar-refractivity contribution is -0.139. The van der Waals surface area contributed by atoms with Gasteiger partial charge in [-0.05, 0) is 29.8 Å². The quantitative estimate of drug-likeness (QED) is 0.277. The highest BCUT2D eigenvalue weighted by atomic mass is 19.4. The second-order valence-electron chi connectivity index (χ2n) is 8.82. The maximum Gasteiger partial charge on any atom is 0.416 e. The Bertz CT molecular complexity index is 1690. The Morgan fingerprint density at radius 2 is 1.51 bits per heavy atom. The molecule has 222 valence electrons. The minimum absolute atomic E-state index is 0.0106. The Labute approximate surface area is 239 Å². The van der Waals surface area contributed by atoms with Crippen LogP contribution in [0.3, 0.4) is 0 Å². The predicted octanol–water partition coefficient (Wildman–Crippen LogP) is 5.81. The number of nitrogens with zero attached hydrogens (tertiary/aromatic N) is 2. The van der Waals surface area contributed by atoms with Crippen molar-refractivity contribution < 1.29 is 50.1 Å². The Hall–Kier alpha value is -5.45. The maximum absolute atomic E-state index is 15.6. The molecule has 43 heavy (non-hydrogen) atoms. The molecule has 8 nitrogen and oxygen atoms in total. The third-order valence-corrected chi connectivity index (χ3v) is 6.32. The topological polar surface area (TPSA) is 115 Å². The van der Waals surface area contributed by atoms with Gasteiger partial charge >= 0.3 is 18.1 Å². The van der Waals surface area contributed by atoms with Crippen LogP contribution in [-0.2, 0) is 25.2 Å². The molecule has 0 aliphatic carbocycles. The second kappa shape index (κ2) is 11.8. The lowest BCUT2D eigenvalue weighted by atomic mass is 9.81. The van der Waals surface area contributed by atoms with E-state index in [0.717, 1.165) is 31.3 Å². The number of halogens is 6. The van der Waals surface area contributed by atoms with Gasteiger partial charge in [-0.3, -0.25) is 4.90 Å². The van der Waals surface area contributed by atoms with E-state index in [2.05, 4.69) is 0 Å². The van der Waals surface area contributed by atoms with E-state index in [-0.39, 0.29) is 17.7 Å². The van der Waals surface area contributed by atoms with Crippen LogP contribution in [0.25, 0.3) is 0 Å². The molecule has 1 atom stereocenters. The van der Waals surface area contributed by atoms with Gasteiger partial charge in [0.25, 0.3) is 0 Å². The third kappa shape index (κ3) is 5.69. The molecule has 1 aliphatic heterocycles. The fraction of sp³-hybridized carbons (Fsp3) is 0.138. The van der Waals surface area contributed by atoms with Crippen molar-refractivity contribution in [2.24, 2.45) is 5.73 Å². The van der Waals surface area contributed by atoms with Crippen LogP contribution in [0, 0.1) is 28.8 Å². The summed E-state index contributed by atoms with van der Waals surface area (Å²) < 4.78 is 97.6. The van der Waals surface area contributed by atoms with Gasteiger partial charge in [0.05, 0.1) is 48.6 Å². The highest BCUT2D eigenvalue weighted by Crippen LogP contribution is 2.44. The molecule has 0 spiro atoms. The van der Waals surface area contributed by atoms with Crippen LogP contribution in [0.1, 0.15) is 17.0 Å². The number of carbonyl (C=O) groups excluding carboxylic acids is 2. The number of benzene rings is 3. The Balaban J connectivity index is 1.87. The largest absolute Gasteiger partial charge is 0.466 e. The van der Waals surface area contributed by atoms with E-state index >= 15 is 4.39 Å². The molecule has 0 aromatic heterocycles. The van der Waals surface area contributed by atoms with Crippen molar-refractivity contribution >= 4 is 17.6 Å². The van der Waals surface area contributed by atoms with Crippen LogP contribution in [0.5, 0.6) is 11.5 Å². The number of alkyl halides is 3. The summed E-state index contributed by atoms with van der Waals surface area (Å²) in [6, 6.07) is 12.4. The number of hydrogen-bond donors (Lipinski definition) is 1. The van der Waals surface area contributed by atoms with Gasteiger partial charge in [-0.2, -0.15) is 18.4 Å². The fourth-order valence-electron chi connectivity index (χ4n) is 4.43. The smallest absolute Gasteiger partial charge is 0.416 e. The van der Waals surface area contributed by atoms with E-state index in [1.807, 2.05) is 6.07 Å². The van der Waals surface area contributed by atoms with Crippen LogP contribution in [0.2, 0.25) is 0 Å². The van der Waals surface area contributed by atoms with Gasteiger partial charge in [-0.1, -0.05) is 30.3 Å². The summed E-state index contributed by atoms with van der Waals surface area (Å²) in [6.45, 7) is 0. The maximum atomic E-state index is 15.6. The molecule has 0 saturated carbocycles. The number of methoxy groups -OCH3 is 2. The molecule has 0 fully saturated rings. The first-order valence-electron chi connectivity index (χ1n) is 12.0. The van der Waals surface area contributed by atoms with Gasteiger partial charge < -0.3 is 19.9 Å². The number of allylic oxidation sites excluding steroid dienone is 1. The number of nitrogens with two attached hydrogens (primary N) is 1. The minimum atomic E-state index is -5.04. The fourth-order valence-corrected chi connectivity index (χ4v) is 4.43. The molecule has 4 rings (SSSR count). The van der Waals surface area contributed by atoms with Crippen LogP contribution in [-0.4, -0.2) is 26.2 Å². The average Bonchev–Trinajstić information content (AvgIpc) is 2.97. The summed E-state index contributed by atoms with van der Waals surface area (Å²) in [5.41, 5.74) is 3.29. The Morgan fingerprint density at radius 3 is 2.02 bits per heavy atom. The van der Waals surface area contributed by atoms with Crippen molar-refractivity contribution in [1.29, 1.82) is 5.26 Å². The van der Waals surface area contributed by atoms with E-state index in [4.69, 9.17) is 19.9 Å². The number of anilines is 1. The highest BCUT2D eigenvalue weighted by Gasteiger charge is 2.43. The first-order valence-corrected chi connectivity index (χ1v) is 12.0. The molecular weight excluding hydrogens is 584 g/mol. The molecule has 1 unspecified atom stereocenters. The summed E-state index contributed by atoms with van der Waals surface area (Å²) in [5, 5.41) is 10.1. The summed E-state index contributed by atoms with van der Waals surface area (Å²) in [4.78, 5) is 26.9. The Morgan fingerprint density at radius 1 is 0.907 bits per heavy atom. The summed E-state index contributed by atoms with van der Waals surface area (Å²) in [5.74, 6) is -10.3. The van der Waals surface area contributed by atoms with Gasteiger partial charge in [0.2, 0.25) is 0 Å². The van der Waals surface area contributed by atoms with Crippen molar-refractivity contribution in [3.05, 3.63) is 112 Å². The molecule has 14 heteroatoms. The van der Waals surface area contributed by atoms with Crippen LogP contribution in [0.4, 0.5) is 32.0 Å². The summed E-state index contributed by atoms with van der Waals surface area (Å²) >= 11 is 0. The van der Waals surface area contributed by atoms with Gasteiger partial charge in [-0.15, -0.1) is 0 Å². The van der Waals surface area contributed by atoms with E-state index in [1.54, 1.807) is 30.3 Å². The lowest BCUT2D eigenvalue weighted by Crippen LogP contribution is -2.41. The molecule has 2 N–H and O–H groups in total. The summed E-state index contributed by atoms with van der Waals surface area (Å²) in [7, 11) is 2.01. The molecule has 3 aromatic rings. The number of esters is 2. The first-order chi connectivity index (χ1) is 20.3. The van der Waals surface area contributed by atoms with Crippen LogP contribution >= 0.6 is 0 Å².